The van der Waals surface area contributed by atoms with Gasteiger partial charge in [-0.05, 0) is 38.7 Å². The minimum atomic E-state index is -5.08. The number of hydrogen-bond donors (Lipinski definition) is 3. The maximum atomic E-state index is 11.8. The number of likely N-dealkylation sites (tertiary alicyclic amines) is 1. The molecule has 0 aromatic heterocycles. The molecule has 0 saturated carbocycles. The topological polar surface area (TPSA) is 133 Å². The largest absolute Gasteiger partial charge is 0.490 e. The Labute approximate surface area is 215 Å². The Morgan fingerprint density at radius 1 is 1.13 bits per heavy atom. The van der Waals surface area contributed by atoms with Gasteiger partial charge in [0.15, 0.2) is 0 Å². The van der Waals surface area contributed by atoms with E-state index in [0.29, 0.717) is 6.61 Å². The van der Waals surface area contributed by atoms with Crippen LogP contribution in [-0.2, 0) is 30.9 Å². The van der Waals surface area contributed by atoms with Crippen LogP contribution in [0.1, 0.15) is 37.3 Å². The van der Waals surface area contributed by atoms with Crippen LogP contribution in [0.3, 0.4) is 0 Å². The van der Waals surface area contributed by atoms with E-state index in [-0.39, 0.29) is 17.4 Å². The van der Waals surface area contributed by atoms with Crippen molar-refractivity contribution in [1.29, 1.82) is 0 Å². The van der Waals surface area contributed by atoms with Gasteiger partial charge >= 0.3 is 24.3 Å². The van der Waals surface area contributed by atoms with E-state index < -0.39 is 34.3 Å². The second-order valence-corrected chi connectivity index (χ2v) is 10.8. The lowest BCUT2D eigenvalue weighted by Crippen LogP contribution is -2.50. The first-order valence-electron chi connectivity index (χ1n) is 11.3. The highest BCUT2D eigenvalue weighted by atomic mass is 32.2. The first kappa shape index (κ1) is 33.6. The van der Waals surface area contributed by atoms with E-state index in [1.807, 2.05) is 0 Å². The Bertz CT molecular complexity index is 1030. The quantitative estimate of drug-likeness (QED) is 0.452. The number of rotatable bonds is 5. The third kappa shape index (κ3) is 12.0. The molecular formula is C22H30F6N2O7S. The predicted molar refractivity (Wildman–Crippen MR) is 123 cm³/mol. The summed E-state index contributed by atoms with van der Waals surface area (Å²) < 4.78 is 96.1. The highest BCUT2D eigenvalue weighted by molar-refractivity contribution is 7.89. The molecule has 0 amide bonds. The maximum Gasteiger partial charge on any atom is 0.490 e. The minimum absolute atomic E-state index is 0.00243. The van der Waals surface area contributed by atoms with Crippen LogP contribution in [0.25, 0.3) is 0 Å². The maximum absolute atomic E-state index is 11.8. The van der Waals surface area contributed by atoms with Gasteiger partial charge in [-0.3, -0.25) is 4.90 Å². The van der Waals surface area contributed by atoms with E-state index in [1.54, 1.807) is 6.92 Å². The molecule has 2 saturated heterocycles. The summed E-state index contributed by atoms with van der Waals surface area (Å²) in [7, 11) is -3.15. The van der Waals surface area contributed by atoms with E-state index in [0.717, 1.165) is 38.9 Å². The third-order valence-corrected chi connectivity index (χ3v) is 7.04. The van der Waals surface area contributed by atoms with Crippen molar-refractivity contribution in [2.45, 2.75) is 63.7 Å². The highest BCUT2D eigenvalue weighted by Crippen LogP contribution is 2.35. The molecular weight excluding hydrogens is 550 g/mol. The van der Waals surface area contributed by atoms with Crippen LogP contribution in [0.5, 0.6) is 0 Å². The van der Waals surface area contributed by atoms with Gasteiger partial charge < -0.3 is 14.9 Å². The molecule has 2 atom stereocenters. The first-order chi connectivity index (χ1) is 17.3. The number of ether oxygens (including phenoxy) is 1. The average Bonchev–Trinajstić information content (AvgIpc) is 3.14. The molecule has 0 unspecified atom stereocenters. The van der Waals surface area contributed by atoms with E-state index >= 15 is 0 Å². The molecule has 0 radical (unpaired) electrons. The zero-order chi connectivity index (χ0) is 29.4. The van der Waals surface area contributed by atoms with Crippen molar-refractivity contribution in [3.05, 3.63) is 35.4 Å². The Morgan fingerprint density at radius 3 is 2.16 bits per heavy atom. The molecule has 2 fully saturated rings. The zero-order valence-corrected chi connectivity index (χ0v) is 21.4. The van der Waals surface area contributed by atoms with Gasteiger partial charge in [-0.2, -0.15) is 26.3 Å². The van der Waals surface area contributed by atoms with E-state index in [2.05, 4.69) is 40.8 Å². The van der Waals surface area contributed by atoms with Gasteiger partial charge in [-0.15, -0.1) is 0 Å². The minimum Gasteiger partial charge on any atom is -0.475 e. The fourth-order valence-electron chi connectivity index (χ4n) is 3.88. The number of carboxylic acids is 2. The number of carboxylic acid groups (broad SMARTS) is 2. The van der Waals surface area contributed by atoms with Crippen molar-refractivity contribution in [1.82, 2.24) is 9.62 Å². The van der Waals surface area contributed by atoms with Crippen LogP contribution in [0.2, 0.25) is 0 Å². The zero-order valence-electron chi connectivity index (χ0n) is 20.6. The van der Waals surface area contributed by atoms with Crippen molar-refractivity contribution in [3.63, 3.8) is 0 Å². The number of hydrogen-bond acceptors (Lipinski definition) is 6. The molecule has 3 N–H and O–H groups in total. The fourth-order valence-corrected chi connectivity index (χ4v) is 4.76. The molecule has 2 aliphatic heterocycles. The Kier molecular flexibility index (Phi) is 12.0. The lowest BCUT2D eigenvalue weighted by molar-refractivity contribution is -0.193. The number of aliphatic carboxylic acids is 2. The van der Waals surface area contributed by atoms with Crippen molar-refractivity contribution in [2.75, 3.05) is 25.4 Å². The fraction of sp³-hybridized carbons (Fsp3) is 0.636. The molecule has 3 rings (SSSR count). The molecule has 2 aliphatic rings. The summed E-state index contributed by atoms with van der Waals surface area (Å²) in [5.41, 5.74) is 2.42. The summed E-state index contributed by atoms with van der Waals surface area (Å²) in [5.74, 6) is -5.38. The van der Waals surface area contributed by atoms with E-state index in [1.165, 1.54) is 11.1 Å². The summed E-state index contributed by atoms with van der Waals surface area (Å²) in [4.78, 5) is 20.2. The number of sulfonamides is 1. The summed E-state index contributed by atoms with van der Waals surface area (Å²) >= 11 is 0. The van der Waals surface area contributed by atoms with Gasteiger partial charge in [0.1, 0.15) is 0 Å². The molecule has 1 spiro atoms. The number of nitrogens with zero attached hydrogens (tertiary/aromatic N) is 1. The molecule has 1 aromatic carbocycles. The van der Waals surface area contributed by atoms with Crippen molar-refractivity contribution < 1.29 is 59.3 Å². The first-order valence-corrected chi connectivity index (χ1v) is 13.0. The van der Waals surface area contributed by atoms with Crippen LogP contribution >= 0.6 is 0 Å². The van der Waals surface area contributed by atoms with E-state index in [4.69, 9.17) is 24.5 Å². The third-order valence-electron chi connectivity index (χ3n) is 5.59. The summed E-state index contributed by atoms with van der Waals surface area (Å²) in [5, 5.41) is 14.2. The normalized spacial score (nSPS) is 22.2. The van der Waals surface area contributed by atoms with Gasteiger partial charge in [-0.1, -0.05) is 29.8 Å². The molecule has 0 bridgehead atoms. The summed E-state index contributed by atoms with van der Waals surface area (Å²) in [6.07, 6.45) is -7.65. The lowest BCUT2D eigenvalue weighted by atomic mass is 9.90. The number of benzene rings is 1. The second-order valence-electron chi connectivity index (χ2n) is 8.80. The Balaban J connectivity index is 0.000000426. The molecule has 16 heteroatoms. The highest BCUT2D eigenvalue weighted by Gasteiger charge is 2.44. The van der Waals surface area contributed by atoms with Crippen LogP contribution in [0, 0.1) is 6.92 Å². The smallest absolute Gasteiger partial charge is 0.475 e. The van der Waals surface area contributed by atoms with Gasteiger partial charge in [0.05, 0.1) is 11.4 Å². The van der Waals surface area contributed by atoms with E-state index in [9.17, 15) is 34.8 Å². The van der Waals surface area contributed by atoms with Gasteiger partial charge in [-0.25, -0.2) is 22.7 Å². The SMILES string of the molecule is CCS(=O)(=O)N[C@@H]1CCO[C@]2(CCN(Cc3cccc(C)c3)C2)C1.O=C(O)C(F)(F)F.O=C(O)C(F)(F)F. The molecule has 38 heavy (non-hydrogen) atoms. The van der Waals surface area contributed by atoms with Gasteiger partial charge in [0.25, 0.3) is 0 Å². The van der Waals surface area contributed by atoms with Gasteiger partial charge in [0, 0.05) is 32.3 Å². The van der Waals surface area contributed by atoms with Crippen molar-refractivity contribution in [2.24, 2.45) is 0 Å². The van der Waals surface area contributed by atoms with Crippen molar-refractivity contribution >= 4 is 22.0 Å². The molecule has 218 valence electrons. The molecule has 2 heterocycles. The monoisotopic (exact) mass is 580 g/mol. The Morgan fingerprint density at radius 2 is 1.68 bits per heavy atom. The standard InChI is InChI=1S/C18H28N2O3S.2C2HF3O2/c1-3-24(21,22)19-17-7-10-23-18(12-17)8-9-20(14-18)13-16-6-4-5-15(2)11-16;2*3-2(4,5)1(6)7/h4-6,11,17,19H,3,7-10,12-14H2,1-2H3;2*(H,6,7)/t17-,18-;;/m1../s1. The summed E-state index contributed by atoms with van der Waals surface area (Å²) in [6.45, 7) is 7.24. The van der Waals surface area contributed by atoms with Crippen molar-refractivity contribution in [3.8, 4) is 0 Å². The van der Waals surface area contributed by atoms with Crippen LogP contribution < -0.4 is 4.72 Å². The Hall–Kier alpha value is -2.43. The molecule has 1 aromatic rings. The van der Waals surface area contributed by atoms with Crippen LogP contribution in [0.15, 0.2) is 24.3 Å². The van der Waals surface area contributed by atoms with Gasteiger partial charge in [0.2, 0.25) is 10.0 Å². The molecule has 0 aliphatic carbocycles. The second kappa shape index (κ2) is 13.6. The number of halogens is 6. The number of alkyl halides is 6. The predicted octanol–water partition coefficient (Wildman–Crippen LogP) is 3.32. The number of aryl methyl sites for hydroxylation is 1. The lowest BCUT2D eigenvalue weighted by Gasteiger charge is -2.38. The van der Waals surface area contributed by atoms with Crippen LogP contribution in [-0.4, -0.2) is 84.9 Å². The summed E-state index contributed by atoms with van der Waals surface area (Å²) in [6, 6.07) is 8.61. The van der Waals surface area contributed by atoms with Crippen LogP contribution in [0.4, 0.5) is 26.3 Å². The average molecular weight is 581 g/mol. The number of nitrogens with one attached hydrogen (secondary N) is 1. The molecule has 9 nitrogen and oxygen atoms in total. The number of carbonyl (C=O) groups is 2.